The van der Waals surface area contributed by atoms with Crippen LogP contribution in [0.4, 0.5) is 0 Å². The molecule has 1 aliphatic heterocycles. The highest BCUT2D eigenvalue weighted by Gasteiger charge is 2.61. The number of hydrogen-bond donors (Lipinski definition) is 0. The fourth-order valence-electron chi connectivity index (χ4n) is 5.47. The molecule has 3 aliphatic rings. The van der Waals surface area contributed by atoms with Crippen LogP contribution in [0.15, 0.2) is 61.3 Å². The van der Waals surface area contributed by atoms with Gasteiger partial charge in [0, 0.05) is 11.8 Å². The Bertz CT molecular complexity index is 1020. The second-order valence-electron chi connectivity index (χ2n) is 9.09. The summed E-state index contributed by atoms with van der Waals surface area (Å²) in [6.45, 7) is 12.3. The Balaban J connectivity index is 1.55. The number of benzene rings is 1. The monoisotopic (exact) mass is 402 g/mol. The first-order valence-corrected chi connectivity index (χ1v) is 10.9. The highest BCUT2D eigenvalue weighted by molar-refractivity contribution is 5.62. The van der Waals surface area contributed by atoms with E-state index in [0.29, 0.717) is 0 Å². The SMILES string of the molecule is C=CCC1OC2(CCCC3=Cc4c(cnn4-c4ccc(C)cc4)C[C@@]32C)OC1C=C. The largest absolute Gasteiger partial charge is 0.342 e. The van der Waals surface area contributed by atoms with Gasteiger partial charge in [0.2, 0.25) is 0 Å². The van der Waals surface area contributed by atoms with Gasteiger partial charge in [0.15, 0.2) is 5.79 Å². The number of rotatable bonds is 4. The first-order chi connectivity index (χ1) is 14.5. The normalized spacial score (nSPS) is 32.4. The maximum Gasteiger partial charge on any atom is 0.179 e. The van der Waals surface area contributed by atoms with Gasteiger partial charge in [-0.25, -0.2) is 4.68 Å². The van der Waals surface area contributed by atoms with Crippen molar-refractivity contribution in [1.82, 2.24) is 9.78 Å². The standard InChI is InChI=1S/C26H30N2O2/c1-5-8-24-23(6-2)29-26(30-24)14-7-9-20-15-22-19(16-25(20,26)4)17-27-28(22)21-12-10-18(3)11-13-21/h5-6,10-13,15,17,23-24H,1-2,7-9,14,16H2,3-4H3/t23?,24?,25-,26?/m0/s1. The second-order valence-corrected chi connectivity index (χ2v) is 9.09. The van der Waals surface area contributed by atoms with Gasteiger partial charge in [0.05, 0.1) is 23.7 Å². The number of aromatic nitrogens is 2. The fraction of sp³-hybridized carbons (Fsp3) is 0.423. The molecule has 30 heavy (non-hydrogen) atoms. The molecule has 156 valence electrons. The third kappa shape index (κ3) is 2.78. The molecular weight excluding hydrogens is 372 g/mol. The minimum absolute atomic E-state index is 0.0205. The minimum Gasteiger partial charge on any atom is -0.342 e. The van der Waals surface area contributed by atoms with Crippen molar-refractivity contribution in [3.8, 4) is 5.69 Å². The van der Waals surface area contributed by atoms with Crippen LogP contribution >= 0.6 is 0 Å². The fourth-order valence-corrected chi connectivity index (χ4v) is 5.47. The predicted molar refractivity (Wildman–Crippen MR) is 119 cm³/mol. The van der Waals surface area contributed by atoms with Crippen molar-refractivity contribution in [3.05, 3.63) is 78.2 Å². The molecule has 0 N–H and O–H groups in total. The summed E-state index contributed by atoms with van der Waals surface area (Å²) in [6.07, 6.45) is 12.7. The number of nitrogens with zero attached hydrogens (tertiary/aromatic N) is 2. The molecule has 5 rings (SSSR count). The van der Waals surface area contributed by atoms with Crippen LogP contribution in [-0.2, 0) is 15.9 Å². The van der Waals surface area contributed by atoms with Crippen LogP contribution < -0.4 is 0 Å². The lowest BCUT2D eigenvalue weighted by Crippen LogP contribution is -2.53. The van der Waals surface area contributed by atoms with Crippen molar-refractivity contribution in [1.29, 1.82) is 0 Å². The third-order valence-electron chi connectivity index (χ3n) is 7.19. The molecule has 0 radical (unpaired) electrons. The zero-order valence-electron chi connectivity index (χ0n) is 17.9. The van der Waals surface area contributed by atoms with E-state index in [9.17, 15) is 0 Å². The van der Waals surface area contributed by atoms with Crippen molar-refractivity contribution in [2.24, 2.45) is 5.41 Å². The van der Waals surface area contributed by atoms with Gasteiger partial charge in [-0.3, -0.25) is 0 Å². The molecule has 1 aromatic carbocycles. The highest BCUT2D eigenvalue weighted by Crippen LogP contribution is 2.58. The summed E-state index contributed by atoms with van der Waals surface area (Å²) in [5.74, 6) is -0.618. The number of fused-ring (bicyclic) bond motifs is 3. The van der Waals surface area contributed by atoms with E-state index in [2.05, 4.69) is 62.0 Å². The van der Waals surface area contributed by atoms with E-state index >= 15 is 0 Å². The van der Waals surface area contributed by atoms with E-state index in [1.807, 2.05) is 18.3 Å². The lowest BCUT2D eigenvalue weighted by atomic mass is 9.62. The quantitative estimate of drug-likeness (QED) is 0.629. The first-order valence-electron chi connectivity index (χ1n) is 10.9. The Kier molecular flexibility index (Phi) is 4.60. The molecule has 1 aromatic heterocycles. The highest BCUT2D eigenvalue weighted by atomic mass is 16.8. The molecule has 2 aromatic rings. The van der Waals surface area contributed by atoms with Crippen LogP contribution in [0.25, 0.3) is 11.8 Å². The topological polar surface area (TPSA) is 36.3 Å². The lowest BCUT2D eigenvalue weighted by molar-refractivity contribution is -0.245. The third-order valence-corrected chi connectivity index (χ3v) is 7.19. The average molecular weight is 403 g/mol. The molecule has 4 heteroatoms. The van der Waals surface area contributed by atoms with E-state index < -0.39 is 5.79 Å². The van der Waals surface area contributed by atoms with Gasteiger partial charge >= 0.3 is 0 Å². The zero-order valence-corrected chi connectivity index (χ0v) is 17.9. The molecule has 4 atom stereocenters. The van der Waals surface area contributed by atoms with Gasteiger partial charge in [0.1, 0.15) is 6.10 Å². The molecular formula is C26H30N2O2. The molecule has 4 nitrogen and oxygen atoms in total. The predicted octanol–water partition coefficient (Wildman–Crippen LogP) is 5.55. The van der Waals surface area contributed by atoms with Crippen LogP contribution in [0.2, 0.25) is 0 Å². The number of ether oxygens (including phenoxy) is 2. The maximum atomic E-state index is 6.69. The summed E-state index contributed by atoms with van der Waals surface area (Å²) < 4.78 is 15.4. The summed E-state index contributed by atoms with van der Waals surface area (Å²) in [5.41, 5.74) is 5.97. The molecule has 1 saturated carbocycles. The second kappa shape index (κ2) is 7.07. The average Bonchev–Trinajstić information content (AvgIpc) is 3.30. The van der Waals surface area contributed by atoms with Crippen molar-refractivity contribution in [2.75, 3.05) is 0 Å². The van der Waals surface area contributed by atoms with Crippen molar-refractivity contribution < 1.29 is 9.47 Å². The van der Waals surface area contributed by atoms with Gasteiger partial charge in [-0.1, -0.05) is 42.3 Å². The summed E-state index contributed by atoms with van der Waals surface area (Å²) in [5, 5.41) is 4.74. The summed E-state index contributed by atoms with van der Waals surface area (Å²) >= 11 is 0. The first kappa shape index (κ1) is 19.5. The van der Waals surface area contributed by atoms with Gasteiger partial charge < -0.3 is 9.47 Å². The summed E-state index contributed by atoms with van der Waals surface area (Å²) in [4.78, 5) is 0. The van der Waals surface area contributed by atoms with Crippen LogP contribution in [0.3, 0.4) is 0 Å². The molecule has 0 amide bonds. The van der Waals surface area contributed by atoms with E-state index in [-0.39, 0.29) is 17.6 Å². The van der Waals surface area contributed by atoms with Crippen molar-refractivity contribution >= 4 is 6.08 Å². The Morgan fingerprint density at radius 2 is 2.03 bits per heavy atom. The van der Waals surface area contributed by atoms with Crippen LogP contribution in [0.5, 0.6) is 0 Å². The zero-order chi connectivity index (χ0) is 20.9. The van der Waals surface area contributed by atoms with Gasteiger partial charge in [-0.15, -0.1) is 13.2 Å². The van der Waals surface area contributed by atoms with Gasteiger partial charge in [-0.05, 0) is 56.4 Å². The van der Waals surface area contributed by atoms with E-state index in [4.69, 9.17) is 14.6 Å². The smallest absolute Gasteiger partial charge is 0.179 e. The molecule has 1 saturated heterocycles. The van der Waals surface area contributed by atoms with Crippen LogP contribution in [0, 0.1) is 12.3 Å². The number of aryl methyl sites for hydroxylation is 1. The number of hydrogen-bond acceptors (Lipinski definition) is 3. The summed E-state index contributed by atoms with van der Waals surface area (Å²) in [6, 6.07) is 8.53. The van der Waals surface area contributed by atoms with Crippen LogP contribution in [0.1, 0.15) is 49.4 Å². The molecule has 0 bridgehead atoms. The molecule has 2 fully saturated rings. The lowest BCUT2D eigenvalue weighted by Gasteiger charge is -2.51. The molecule has 3 unspecified atom stereocenters. The molecule has 2 heterocycles. The molecule has 1 spiro atoms. The Labute approximate surface area is 178 Å². The van der Waals surface area contributed by atoms with E-state index in [1.54, 1.807) is 0 Å². The Morgan fingerprint density at radius 1 is 1.23 bits per heavy atom. The van der Waals surface area contributed by atoms with Crippen LogP contribution in [-0.4, -0.2) is 27.8 Å². The Morgan fingerprint density at radius 3 is 2.77 bits per heavy atom. The maximum absolute atomic E-state index is 6.69. The Hall–Kier alpha value is -2.43. The van der Waals surface area contributed by atoms with E-state index in [1.165, 1.54) is 22.4 Å². The van der Waals surface area contributed by atoms with Gasteiger partial charge in [-0.2, -0.15) is 5.10 Å². The summed E-state index contributed by atoms with van der Waals surface area (Å²) in [7, 11) is 0. The molecule has 2 aliphatic carbocycles. The van der Waals surface area contributed by atoms with Crippen molar-refractivity contribution in [2.45, 2.75) is 63.9 Å². The van der Waals surface area contributed by atoms with Gasteiger partial charge in [0.25, 0.3) is 0 Å². The van der Waals surface area contributed by atoms with E-state index in [0.717, 1.165) is 37.8 Å². The van der Waals surface area contributed by atoms with Crippen molar-refractivity contribution in [3.63, 3.8) is 0 Å². The minimum atomic E-state index is -0.618.